The van der Waals surface area contributed by atoms with Crippen molar-refractivity contribution in [3.05, 3.63) is 35.4 Å². The van der Waals surface area contributed by atoms with Crippen LogP contribution in [0.2, 0.25) is 0 Å². The van der Waals surface area contributed by atoms with Crippen molar-refractivity contribution in [1.82, 2.24) is 10.2 Å². The van der Waals surface area contributed by atoms with Gasteiger partial charge in [0.25, 0.3) is 0 Å². The van der Waals surface area contributed by atoms with Crippen LogP contribution in [-0.2, 0) is 11.2 Å². The van der Waals surface area contributed by atoms with E-state index < -0.39 is 0 Å². The second-order valence-electron chi connectivity index (χ2n) is 6.04. The van der Waals surface area contributed by atoms with Crippen LogP contribution in [0.15, 0.2) is 24.3 Å². The monoisotopic (exact) mass is 274 g/mol. The highest BCUT2D eigenvalue weighted by Crippen LogP contribution is 2.13. The van der Waals surface area contributed by atoms with Crippen molar-refractivity contribution in [3.8, 4) is 0 Å². The van der Waals surface area contributed by atoms with E-state index in [1.165, 1.54) is 17.5 Å². The lowest BCUT2D eigenvalue weighted by atomic mass is 10.0. The molecule has 110 valence electrons. The molecular weight excluding hydrogens is 248 g/mol. The van der Waals surface area contributed by atoms with Gasteiger partial charge in [-0.15, -0.1) is 0 Å². The Morgan fingerprint density at radius 3 is 2.70 bits per heavy atom. The van der Waals surface area contributed by atoms with Gasteiger partial charge in [0.1, 0.15) is 0 Å². The smallest absolute Gasteiger partial charge is 0.224 e. The van der Waals surface area contributed by atoms with E-state index in [0.717, 1.165) is 19.4 Å². The van der Waals surface area contributed by atoms with Crippen molar-refractivity contribution >= 4 is 5.91 Å². The largest absolute Gasteiger partial charge is 0.343 e. The molecule has 1 fully saturated rings. The number of benzene rings is 1. The number of hydrogen-bond donors (Lipinski definition) is 1. The minimum Gasteiger partial charge on any atom is -0.343 e. The fourth-order valence-electron chi connectivity index (χ4n) is 2.73. The van der Waals surface area contributed by atoms with Gasteiger partial charge in [0.15, 0.2) is 0 Å². The van der Waals surface area contributed by atoms with Crippen molar-refractivity contribution in [2.75, 3.05) is 13.6 Å². The second-order valence-corrected chi connectivity index (χ2v) is 6.04. The summed E-state index contributed by atoms with van der Waals surface area (Å²) in [6.45, 7) is 5.28. The first-order valence-corrected chi connectivity index (χ1v) is 7.61. The molecule has 20 heavy (non-hydrogen) atoms. The molecule has 3 nitrogen and oxygen atoms in total. The Hall–Kier alpha value is -1.35. The van der Waals surface area contributed by atoms with Crippen LogP contribution in [0.1, 0.15) is 37.3 Å². The van der Waals surface area contributed by atoms with Crippen LogP contribution in [-0.4, -0.2) is 36.5 Å². The molecule has 2 rings (SSSR count). The van der Waals surface area contributed by atoms with Crippen molar-refractivity contribution < 1.29 is 4.79 Å². The van der Waals surface area contributed by atoms with Crippen LogP contribution >= 0.6 is 0 Å². The van der Waals surface area contributed by atoms with E-state index in [2.05, 4.69) is 43.4 Å². The Bertz CT molecular complexity index is 435. The van der Waals surface area contributed by atoms with Gasteiger partial charge in [0.2, 0.25) is 5.91 Å². The van der Waals surface area contributed by atoms with Gasteiger partial charge in [0.05, 0.1) is 0 Å². The van der Waals surface area contributed by atoms with Gasteiger partial charge in [-0.1, -0.05) is 29.8 Å². The van der Waals surface area contributed by atoms with Gasteiger partial charge in [-0.3, -0.25) is 4.79 Å². The number of rotatable bonds is 5. The molecule has 2 atom stereocenters. The maximum atomic E-state index is 12.3. The Balaban J connectivity index is 1.85. The number of nitrogens with one attached hydrogen (secondary N) is 1. The molecule has 1 N–H and O–H groups in total. The summed E-state index contributed by atoms with van der Waals surface area (Å²) in [4.78, 5) is 14.2. The first kappa shape index (κ1) is 15.0. The summed E-state index contributed by atoms with van der Waals surface area (Å²) in [5.41, 5.74) is 2.57. The highest BCUT2D eigenvalue weighted by molar-refractivity contribution is 5.76. The van der Waals surface area contributed by atoms with Crippen LogP contribution in [0.4, 0.5) is 0 Å². The predicted molar refractivity (Wildman–Crippen MR) is 82.8 cm³/mol. The van der Waals surface area contributed by atoms with Gasteiger partial charge < -0.3 is 10.2 Å². The molecule has 1 aromatic rings. The van der Waals surface area contributed by atoms with E-state index in [0.29, 0.717) is 12.5 Å². The third-order valence-electron chi connectivity index (χ3n) is 4.29. The van der Waals surface area contributed by atoms with Crippen LogP contribution in [0.5, 0.6) is 0 Å². The van der Waals surface area contributed by atoms with E-state index in [1.807, 2.05) is 11.9 Å². The average Bonchev–Trinajstić information content (AvgIpc) is 2.93. The average molecular weight is 274 g/mol. The minimum absolute atomic E-state index is 0.242. The van der Waals surface area contributed by atoms with Crippen molar-refractivity contribution in [2.24, 2.45) is 0 Å². The Labute approximate surface area is 122 Å². The van der Waals surface area contributed by atoms with Gasteiger partial charge in [-0.05, 0) is 45.2 Å². The number of hydrogen-bond acceptors (Lipinski definition) is 2. The van der Waals surface area contributed by atoms with Crippen LogP contribution < -0.4 is 5.32 Å². The summed E-state index contributed by atoms with van der Waals surface area (Å²) in [6, 6.07) is 9.20. The highest BCUT2D eigenvalue weighted by Gasteiger charge is 2.22. The maximum absolute atomic E-state index is 12.3. The normalized spacial score (nSPS) is 19.9. The number of likely N-dealkylation sites (N-methyl/N-ethyl adjacent to an activating group) is 1. The molecule has 0 aliphatic carbocycles. The SMILES string of the molecule is Cc1ccc(CC(C)N(C)C(=O)CC2CCCN2)cc1. The number of aryl methyl sites for hydroxylation is 1. The molecule has 0 radical (unpaired) electrons. The van der Waals surface area contributed by atoms with Crippen LogP contribution in [0, 0.1) is 6.92 Å². The molecule has 0 saturated carbocycles. The quantitative estimate of drug-likeness (QED) is 0.895. The molecule has 0 bridgehead atoms. The zero-order valence-electron chi connectivity index (χ0n) is 12.9. The molecular formula is C17H26N2O. The summed E-state index contributed by atoms with van der Waals surface area (Å²) in [7, 11) is 1.93. The predicted octanol–water partition coefficient (Wildman–Crippen LogP) is 2.53. The van der Waals surface area contributed by atoms with E-state index in [4.69, 9.17) is 0 Å². The van der Waals surface area contributed by atoms with Gasteiger partial charge in [-0.2, -0.15) is 0 Å². The van der Waals surface area contributed by atoms with Gasteiger partial charge >= 0.3 is 0 Å². The zero-order valence-corrected chi connectivity index (χ0v) is 12.9. The molecule has 0 aromatic heterocycles. The topological polar surface area (TPSA) is 32.3 Å². The van der Waals surface area contributed by atoms with E-state index >= 15 is 0 Å². The van der Waals surface area contributed by atoms with Crippen LogP contribution in [0.25, 0.3) is 0 Å². The fourth-order valence-corrected chi connectivity index (χ4v) is 2.73. The summed E-state index contributed by atoms with van der Waals surface area (Å²) in [6.07, 6.45) is 3.88. The van der Waals surface area contributed by atoms with E-state index in [9.17, 15) is 4.79 Å². The van der Waals surface area contributed by atoms with Crippen LogP contribution in [0.3, 0.4) is 0 Å². The second kappa shape index (κ2) is 6.89. The molecule has 3 heteroatoms. The molecule has 1 aliphatic rings. The maximum Gasteiger partial charge on any atom is 0.224 e. The molecule has 1 saturated heterocycles. The zero-order chi connectivity index (χ0) is 14.5. The lowest BCUT2D eigenvalue weighted by Gasteiger charge is -2.26. The number of amides is 1. The molecule has 1 aromatic carbocycles. The van der Waals surface area contributed by atoms with Crippen molar-refractivity contribution in [2.45, 2.75) is 51.6 Å². The Morgan fingerprint density at radius 2 is 2.10 bits per heavy atom. The van der Waals surface area contributed by atoms with E-state index in [1.54, 1.807) is 0 Å². The van der Waals surface area contributed by atoms with Crippen molar-refractivity contribution in [1.29, 1.82) is 0 Å². The molecule has 1 heterocycles. The number of nitrogens with zero attached hydrogens (tertiary/aromatic N) is 1. The third-order valence-corrected chi connectivity index (χ3v) is 4.29. The lowest BCUT2D eigenvalue weighted by Crippen LogP contribution is -2.39. The summed E-state index contributed by atoms with van der Waals surface area (Å²) in [5.74, 6) is 0.254. The third kappa shape index (κ3) is 4.07. The first-order valence-electron chi connectivity index (χ1n) is 7.61. The Kier molecular flexibility index (Phi) is 5.18. The number of carbonyl (C=O) groups is 1. The van der Waals surface area contributed by atoms with Gasteiger partial charge in [0, 0.05) is 25.6 Å². The fraction of sp³-hybridized carbons (Fsp3) is 0.588. The molecule has 1 amide bonds. The summed E-state index contributed by atoms with van der Waals surface area (Å²) in [5, 5.41) is 3.39. The lowest BCUT2D eigenvalue weighted by molar-refractivity contribution is -0.132. The summed E-state index contributed by atoms with van der Waals surface area (Å²) < 4.78 is 0. The molecule has 0 spiro atoms. The van der Waals surface area contributed by atoms with E-state index in [-0.39, 0.29) is 11.9 Å². The first-order chi connectivity index (χ1) is 9.56. The highest BCUT2D eigenvalue weighted by atomic mass is 16.2. The standard InChI is InChI=1S/C17H26N2O/c1-13-6-8-15(9-7-13)11-14(2)19(3)17(20)12-16-5-4-10-18-16/h6-9,14,16,18H,4-5,10-12H2,1-3H3. The minimum atomic E-state index is 0.242. The Morgan fingerprint density at radius 1 is 1.40 bits per heavy atom. The van der Waals surface area contributed by atoms with Gasteiger partial charge in [-0.25, -0.2) is 0 Å². The molecule has 1 aliphatic heterocycles. The molecule has 2 unspecified atom stereocenters. The number of carbonyl (C=O) groups excluding carboxylic acids is 1. The van der Waals surface area contributed by atoms with Crippen molar-refractivity contribution in [3.63, 3.8) is 0 Å². The summed E-state index contributed by atoms with van der Waals surface area (Å²) >= 11 is 0.